The van der Waals surface area contributed by atoms with Crippen molar-refractivity contribution < 1.29 is 19.4 Å². The summed E-state index contributed by atoms with van der Waals surface area (Å²) in [4.78, 5) is 0. The summed E-state index contributed by atoms with van der Waals surface area (Å²) < 4.78 is 11.2. The number of ether oxygens (including phenoxy) is 1. The lowest BCUT2D eigenvalue weighted by Gasteiger charge is -2.36. The highest BCUT2D eigenvalue weighted by Gasteiger charge is 2.39. The van der Waals surface area contributed by atoms with E-state index in [0.717, 1.165) is 0 Å². The summed E-state index contributed by atoms with van der Waals surface area (Å²) in [6.07, 6.45) is -1.55. The number of aliphatic hydroxyl groups excluding tert-OH is 2. The molecule has 0 amide bonds. The number of hydrogen-bond acceptors (Lipinski definition) is 4. The highest BCUT2D eigenvalue weighted by Crippen LogP contribution is 2.37. The minimum atomic E-state index is -1.76. The van der Waals surface area contributed by atoms with Crippen LogP contribution in [0.2, 0.25) is 18.1 Å². The molecule has 0 radical (unpaired) electrons. The van der Waals surface area contributed by atoms with E-state index in [-0.39, 0.29) is 11.1 Å². The van der Waals surface area contributed by atoms with E-state index < -0.39 is 20.7 Å². The van der Waals surface area contributed by atoms with Gasteiger partial charge in [-0.05, 0) is 18.1 Å². The molecule has 0 aromatic heterocycles. The van der Waals surface area contributed by atoms with Crippen LogP contribution in [0.15, 0.2) is 0 Å². The Morgan fingerprint density at radius 3 is 2.25 bits per heavy atom. The highest BCUT2D eigenvalue weighted by atomic mass is 28.4. The summed E-state index contributed by atoms with van der Waals surface area (Å²) in [6, 6.07) is 0. The standard InChI is InChI=1S/C11H24O4Si/c1-11(2,3)16(4,5)14-7-8-6-9(12)10(13)15-8/h8-10,12-13H,6-7H2,1-5H3/t8-,9-,10?/m0/s1. The third-order valence-corrected chi connectivity index (χ3v) is 8.10. The van der Waals surface area contributed by atoms with Gasteiger partial charge in [0, 0.05) is 6.42 Å². The molecule has 1 heterocycles. The van der Waals surface area contributed by atoms with Crippen molar-refractivity contribution in [3.05, 3.63) is 0 Å². The summed E-state index contributed by atoms with van der Waals surface area (Å²) in [5.74, 6) is 0. The summed E-state index contributed by atoms with van der Waals surface area (Å²) >= 11 is 0. The van der Waals surface area contributed by atoms with Crippen LogP contribution in [0.5, 0.6) is 0 Å². The third kappa shape index (κ3) is 3.27. The van der Waals surface area contributed by atoms with Crippen molar-refractivity contribution in [2.45, 2.75) is 63.8 Å². The molecule has 0 aromatic rings. The zero-order valence-electron chi connectivity index (χ0n) is 10.9. The van der Waals surface area contributed by atoms with Crippen LogP contribution in [-0.4, -0.2) is 43.6 Å². The predicted octanol–water partition coefficient (Wildman–Crippen LogP) is 1.48. The second-order valence-electron chi connectivity index (χ2n) is 6.02. The Hall–Kier alpha value is 0.0569. The Balaban J connectivity index is 2.41. The average molecular weight is 248 g/mol. The quantitative estimate of drug-likeness (QED) is 0.743. The number of rotatable bonds is 3. The van der Waals surface area contributed by atoms with Crippen LogP contribution in [0.4, 0.5) is 0 Å². The van der Waals surface area contributed by atoms with Crippen LogP contribution in [0.1, 0.15) is 27.2 Å². The molecule has 4 nitrogen and oxygen atoms in total. The van der Waals surface area contributed by atoms with Crippen molar-refractivity contribution >= 4 is 8.32 Å². The molecule has 0 aliphatic carbocycles. The summed E-state index contributed by atoms with van der Waals surface area (Å²) in [7, 11) is -1.76. The third-order valence-electron chi connectivity index (χ3n) is 3.60. The van der Waals surface area contributed by atoms with Gasteiger partial charge in [-0.1, -0.05) is 20.8 Å². The van der Waals surface area contributed by atoms with Crippen molar-refractivity contribution in [2.75, 3.05) is 6.61 Å². The van der Waals surface area contributed by atoms with Crippen molar-refractivity contribution in [3.63, 3.8) is 0 Å². The molecule has 16 heavy (non-hydrogen) atoms. The summed E-state index contributed by atoms with van der Waals surface area (Å²) in [6.45, 7) is 11.4. The lowest BCUT2D eigenvalue weighted by Crippen LogP contribution is -2.42. The van der Waals surface area contributed by atoms with Gasteiger partial charge in [0.2, 0.25) is 0 Å². The normalized spacial score (nSPS) is 32.1. The van der Waals surface area contributed by atoms with Crippen molar-refractivity contribution in [3.8, 4) is 0 Å². The first kappa shape index (κ1) is 14.1. The molecule has 0 saturated carbocycles. The molecule has 2 N–H and O–H groups in total. The maximum Gasteiger partial charge on any atom is 0.192 e. The van der Waals surface area contributed by atoms with Crippen LogP contribution in [0, 0.1) is 0 Å². The first-order valence-electron chi connectivity index (χ1n) is 5.79. The van der Waals surface area contributed by atoms with Gasteiger partial charge in [0.05, 0.1) is 12.7 Å². The molecule has 0 bridgehead atoms. The van der Waals surface area contributed by atoms with Crippen molar-refractivity contribution in [1.29, 1.82) is 0 Å². The zero-order chi connectivity index (χ0) is 12.6. The van der Waals surface area contributed by atoms with Crippen LogP contribution in [-0.2, 0) is 9.16 Å². The molecule has 1 aliphatic heterocycles. The van der Waals surface area contributed by atoms with E-state index in [1.165, 1.54) is 0 Å². The second kappa shape index (κ2) is 4.74. The van der Waals surface area contributed by atoms with Gasteiger partial charge in [-0.15, -0.1) is 0 Å². The van der Waals surface area contributed by atoms with E-state index in [1.54, 1.807) is 0 Å². The minimum Gasteiger partial charge on any atom is -0.414 e. The summed E-state index contributed by atoms with van der Waals surface area (Å²) in [5, 5.41) is 18.7. The van der Waals surface area contributed by atoms with E-state index in [4.69, 9.17) is 9.16 Å². The van der Waals surface area contributed by atoms with E-state index in [2.05, 4.69) is 33.9 Å². The van der Waals surface area contributed by atoms with Crippen LogP contribution in [0.25, 0.3) is 0 Å². The molecular formula is C11H24O4Si. The fraction of sp³-hybridized carbons (Fsp3) is 1.00. The molecule has 1 aliphatic rings. The van der Waals surface area contributed by atoms with E-state index in [0.29, 0.717) is 13.0 Å². The SMILES string of the molecule is CC(C)(C)[Si](C)(C)OC[C@@H]1C[C@H](O)C(O)O1. The van der Waals surface area contributed by atoms with E-state index in [9.17, 15) is 10.2 Å². The molecule has 1 saturated heterocycles. The smallest absolute Gasteiger partial charge is 0.192 e. The number of aliphatic hydroxyl groups is 2. The topological polar surface area (TPSA) is 58.9 Å². The summed E-state index contributed by atoms with van der Waals surface area (Å²) in [5.41, 5.74) is 0. The maximum absolute atomic E-state index is 9.34. The molecule has 1 unspecified atom stereocenters. The van der Waals surface area contributed by atoms with Gasteiger partial charge >= 0.3 is 0 Å². The molecule has 1 fully saturated rings. The van der Waals surface area contributed by atoms with E-state index >= 15 is 0 Å². The Bertz CT molecular complexity index is 227. The molecule has 1 rings (SSSR count). The molecule has 5 heteroatoms. The largest absolute Gasteiger partial charge is 0.414 e. The Morgan fingerprint density at radius 2 is 1.88 bits per heavy atom. The van der Waals surface area contributed by atoms with Gasteiger partial charge < -0.3 is 19.4 Å². The number of hydrogen-bond donors (Lipinski definition) is 2. The van der Waals surface area contributed by atoms with Crippen LogP contribution >= 0.6 is 0 Å². The highest BCUT2D eigenvalue weighted by molar-refractivity contribution is 6.74. The van der Waals surface area contributed by atoms with Crippen LogP contribution in [0.3, 0.4) is 0 Å². The molecule has 3 atom stereocenters. The lowest BCUT2D eigenvalue weighted by molar-refractivity contribution is -0.132. The Kier molecular flexibility index (Phi) is 4.18. The van der Waals surface area contributed by atoms with Gasteiger partial charge in [-0.25, -0.2) is 0 Å². The molecule has 0 spiro atoms. The fourth-order valence-electron chi connectivity index (χ4n) is 1.35. The van der Waals surface area contributed by atoms with Gasteiger partial charge in [0.15, 0.2) is 14.6 Å². The molecule has 0 aromatic carbocycles. The average Bonchev–Trinajstić information content (AvgIpc) is 2.41. The Morgan fingerprint density at radius 1 is 1.31 bits per heavy atom. The maximum atomic E-state index is 9.34. The molecule has 96 valence electrons. The minimum absolute atomic E-state index is 0.169. The zero-order valence-corrected chi connectivity index (χ0v) is 11.9. The first-order chi connectivity index (χ1) is 7.13. The Labute approximate surface area is 98.7 Å². The monoisotopic (exact) mass is 248 g/mol. The van der Waals surface area contributed by atoms with Crippen molar-refractivity contribution in [2.24, 2.45) is 0 Å². The molecular weight excluding hydrogens is 224 g/mol. The fourth-order valence-corrected chi connectivity index (χ4v) is 2.39. The van der Waals surface area contributed by atoms with E-state index in [1.807, 2.05) is 0 Å². The van der Waals surface area contributed by atoms with Gasteiger partial charge in [-0.3, -0.25) is 0 Å². The van der Waals surface area contributed by atoms with Gasteiger partial charge in [0.1, 0.15) is 6.10 Å². The lowest BCUT2D eigenvalue weighted by atomic mass is 10.2. The van der Waals surface area contributed by atoms with Gasteiger partial charge in [-0.2, -0.15) is 0 Å². The van der Waals surface area contributed by atoms with Crippen LogP contribution < -0.4 is 0 Å². The first-order valence-corrected chi connectivity index (χ1v) is 8.70. The van der Waals surface area contributed by atoms with Gasteiger partial charge in [0.25, 0.3) is 0 Å². The predicted molar refractivity (Wildman–Crippen MR) is 64.7 cm³/mol. The second-order valence-corrected chi connectivity index (χ2v) is 10.8. The van der Waals surface area contributed by atoms with Crippen molar-refractivity contribution in [1.82, 2.24) is 0 Å².